The van der Waals surface area contributed by atoms with Gasteiger partial charge in [0.2, 0.25) is 5.69 Å². The molecule has 1 heterocycles. The maximum absolute atomic E-state index is 10.7. The third-order valence-corrected chi connectivity index (χ3v) is 6.24. The molecule has 0 spiro atoms. The molecular formula is C29H26ClN4O3+. The van der Waals surface area contributed by atoms with Crippen molar-refractivity contribution in [1.82, 2.24) is 4.68 Å². The molecule has 0 atom stereocenters. The second-order valence-electron chi connectivity index (χ2n) is 8.18. The predicted molar refractivity (Wildman–Crippen MR) is 146 cm³/mol. The fourth-order valence-electron chi connectivity index (χ4n) is 3.81. The van der Waals surface area contributed by atoms with Gasteiger partial charge in [0.15, 0.2) is 7.05 Å². The number of nitrogen functional groups attached to an aromatic ring is 1. The lowest BCUT2D eigenvalue weighted by Gasteiger charge is -2.08. The van der Waals surface area contributed by atoms with Gasteiger partial charge in [-0.25, -0.2) is 0 Å². The van der Waals surface area contributed by atoms with Crippen molar-refractivity contribution in [1.29, 1.82) is 0 Å². The van der Waals surface area contributed by atoms with Crippen LogP contribution >= 0.6 is 11.6 Å². The molecule has 0 amide bonds. The molecule has 0 saturated heterocycles. The van der Waals surface area contributed by atoms with Crippen molar-refractivity contribution < 1.29 is 14.3 Å². The molecule has 37 heavy (non-hydrogen) atoms. The first kappa shape index (κ1) is 25.5. The van der Waals surface area contributed by atoms with Gasteiger partial charge in [0, 0.05) is 23.3 Å². The van der Waals surface area contributed by atoms with E-state index in [1.807, 2.05) is 18.2 Å². The Morgan fingerprint density at radius 2 is 1.41 bits per heavy atom. The summed E-state index contributed by atoms with van der Waals surface area (Å²) in [4.78, 5) is 10.1. The van der Waals surface area contributed by atoms with Gasteiger partial charge in [-0.05, 0) is 30.3 Å². The van der Waals surface area contributed by atoms with Gasteiger partial charge in [-0.3, -0.25) is 10.1 Å². The fourth-order valence-corrected chi connectivity index (χ4v) is 4.01. The van der Waals surface area contributed by atoms with E-state index in [0.717, 1.165) is 0 Å². The van der Waals surface area contributed by atoms with Gasteiger partial charge in [-0.15, -0.1) is 4.68 Å². The summed E-state index contributed by atoms with van der Waals surface area (Å²) in [6.07, 6.45) is 0. The molecule has 1 aromatic heterocycles. The van der Waals surface area contributed by atoms with E-state index < -0.39 is 4.92 Å². The van der Waals surface area contributed by atoms with Crippen LogP contribution in [0.2, 0.25) is 5.02 Å². The maximum atomic E-state index is 10.7. The highest BCUT2D eigenvalue weighted by Gasteiger charge is 2.19. The summed E-state index contributed by atoms with van der Waals surface area (Å²) in [6, 6.07) is 34.8. The highest BCUT2D eigenvalue weighted by Crippen LogP contribution is 2.38. The SMILES string of the molecule is Cn1c(-c2ccccc2)cc(-c2ccccc2)[n+]1C.Nc1c([N+](=O)[O-])ccc(Oc2ccccc2)c1Cl. The Morgan fingerprint density at radius 1 is 0.865 bits per heavy atom. The Bertz CT molecular complexity index is 1450. The Hall–Kier alpha value is -4.62. The minimum absolute atomic E-state index is 0.0352. The van der Waals surface area contributed by atoms with Gasteiger partial charge in [0.25, 0.3) is 5.69 Å². The molecule has 0 fully saturated rings. The highest BCUT2D eigenvalue weighted by atomic mass is 35.5. The van der Waals surface area contributed by atoms with Crippen molar-refractivity contribution in [2.24, 2.45) is 14.1 Å². The zero-order valence-corrected chi connectivity index (χ0v) is 21.2. The van der Waals surface area contributed by atoms with Crippen LogP contribution in [-0.2, 0) is 14.1 Å². The summed E-state index contributed by atoms with van der Waals surface area (Å²) < 4.78 is 9.85. The van der Waals surface area contributed by atoms with E-state index >= 15 is 0 Å². The summed E-state index contributed by atoms with van der Waals surface area (Å²) in [5.41, 5.74) is 10.2. The smallest absolute Gasteiger partial charge is 0.293 e. The average Bonchev–Trinajstić information content (AvgIpc) is 3.22. The molecule has 0 aliphatic heterocycles. The van der Waals surface area contributed by atoms with E-state index in [1.165, 1.54) is 34.6 Å². The topological polar surface area (TPSA) is 87.2 Å². The second-order valence-corrected chi connectivity index (χ2v) is 8.55. The van der Waals surface area contributed by atoms with Gasteiger partial charge in [-0.1, -0.05) is 78.3 Å². The first-order chi connectivity index (χ1) is 17.9. The van der Waals surface area contributed by atoms with E-state index in [9.17, 15) is 10.1 Å². The minimum atomic E-state index is -0.590. The molecule has 0 bridgehead atoms. The molecule has 0 aliphatic rings. The third-order valence-electron chi connectivity index (χ3n) is 5.85. The molecule has 2 N–H and O–H groups in total. The number of nitrogens with two attached hydrogens (primary N) is 1. The number of nitrogens with zero attached hydrogens (tertiary/aromatic N) is 3. The minimum Gasteiger partial charge on any atom is -0.456 e. The van der Waals surface area contributed by atoms with Crippen LogP contribution in [0.3, 0.4) is 0 Å². The Kier molecular flexibility index (Phi) is 7.86. The average molecular weight is 514 g/mol. The Labute approximate surface area is 220 Å². The number of aromatic nitrogens is 2. The summed E-state index contributed by atoms with van der Waals surface area (Å²) in [5, 5.41) is 10.7. The molecule has 7 nitrogen and oxygen atoms in total. The molecule has 0 aliphatic carbocycles. The number of hydrogen-bond donors (Lipinski definition) is 1. The summed E-state index contributed by atoms with van der Waals surface area (Å²) in [5.74, 6) is 0.860. The molecule has 0 saturated carbocycles. The lowest BCUT2D eigenvalue weighted by molar-refractivity contribution is -0.740. The van der Waals surface area contributed by atoms with Crippen LogP contribution in [0.5, 0.6) is 11.5 Å². The highest BCUT2D eigenvalue weighted by molar-refractivity contribution is 6.35. The quantitative estimate of drug-likeness (QED) is 0.121. The summed E-state index contributed by atoms with van der Waals surface area (Å²) >= 11 is 5.94. The van der Waals surface area contributed by atoms with Crippen LogP contribution < -0.4 is 15.2 Å². The number of halogens is 1. The van der Waals surface area contributed by atoms with E-state index in [1.54, 1.807) is 24.3 Å². The largest absolute Gasteiger partial charge is 0.456 e. The molecule has 0 radical (unpaired) electrons. The standard InChI is InChI=1S/C17H17N2.C12H9ClN2O3/c1-18-16(14-9-5-3-6-10-14)13-17(19(18)2)15-11-7-4-8-12-15;13-11-10(18-8-4-2-1-3-5-8)7-6-9(12(11)14)15(16)17/h3-13H,1-2H3;1-7H,14H2/q+1;. The summed E-state index contributed by atoms with van der Waals surface area (Å²) in [7, 11) is 4.18. The van der Waals surface area contributed by atoms with Gasteiger partial charge in [-0.2, -0.15) is 4.68 Å². The monoisotopic (exact) mass is 513 g/mol. The van der Waals surface area contributed by atoms with Crippen molar-refractivity contribution in [3.8, 4) is 34.0 Å². The van der Waals surface area contributed by atoms with Crippen LogP contribution in [0.25, 0.3) is 22.5 Å². The van der Waals surface area contributed by atoms with E-state index in [0.29, 0.717) is 5.75 Å². The predicted octanol–water partition coefficient (Wildman–Crippen LogP) is 6.81. The molecule has 0 unspecified atom stereocenters. The molecule has 8 heteroatoms. The van der Waals surface area contributed by atoms with Crippen LogP contribution in [0.4, 0.5) is 11.4 Å². The van der Waals surface area contributed by atoms with Crippen LogP contribution in [0.1, 0.15) is 0 Å². The van der Waals surface area contributed by atoms with Gasteiger partial charge >= 0.3 is 0 Å². The number of para-hydroxylation sites is 1. The fraction of sp³-hybridized carbons (Fsp3) is 0.0690. The van der Waals surface area contributed by atoms with Crippen LogP contribution in [0.15, 0.2) is 109 Å². The first-order valence-corrected chi connectivity index (χ1v) is 11.9. The van der Waals surface area contributed by atoms with Crippen molar-refractivity contribution in [2.45, 2.75) is 0 Å². The van der Waals surface area contributed by atoms with E-state index in [2.05, 4.69) is 78.1 Å². The number of nitro groups is 1. The van der Waals surface area contributed by atoms with Gasteiger partial charge < -0.3 is 10.5 Å². The summed E-state index contributed by atoms with van der Waals surface area (Å²) in [6.45, 7) is 0. The van der Waals surface area contributed by atoms with Crippen molar-refractivity contribution in [3.63, 3.8) is 0 Å². The molecular weight excluding hydrogens is 488 g/mol. The zero-order valence-electron chi connectivity index (χ0n) is 20.4. The number of nitro benzene ring substituents is 1. The molecule has 5 aromatic rings. The van der Waals surface area contributed by atoms with Crippen LogP contribution in [0, 0.1) is 10.1 Å². The lowest BCUT2D eigenvalue weighted by atomic mass is 10.1. The molecule has 186 valence electrons. The van der Waals surface area contributed by atoms with Gasteiger partial charge in [0.05, 0.1) is 12.0 Å². The van der Waals surface area contributed by atoms with Gasteiger partial charge in [0.1, 0.15) is 27.9 Å². The van der Waals surface area contributed by atoms with Crippen LogP contribution in [-0.4, -0.2) is 9.61 Å². The number of anilines is 1. The number of benzene rings is 4. The number of rotatable bonds is 5. The number of hydrogen-bond acceptors (Lipinski definition) is 4. The molecule has 4 aromatic carbocycles. The van der Waals surface area contributed by atoms with E-state index in [-0.39, 0.29) is 22.1 Å². The zero-order chi connectivity index (χ0) is 26.4. The van der Waals surface area contributed by atoms with Crippen molar-refractivity contribution in [2.75, 3.05) is 5.73 Å². The van der Waals surface area contributed by atoms with Crippen molar-refractivity contribution >= 4 is 23.0 Å². The maximum Gasteiger partial charge on any atom is 0.293 e. The molecule has 5 rings (SSSR count). The van der Waals surface area contributed by atoms with Crippen molar-refractivity contribution in [3.05, 3.63) is 124 Å². The normalized spacial score (nSPS) is 10.4. The first-order valence-electron chi connectivity index (χ1n) is 11.5. The Balaban J connectivity index is 0.000000173. The second kappa shape index (κ2) is 11.4. The van der Waals surface area contributed by atoms with E-state index in [4.69, 9.17) is 22.1 Å². The lowest BCUT2D eigenvalue weighted by Crippen LogP contribution is -2.39. The number of ether oxygens (including phenoxy) is 1. The Morgan fingerprint density at radius 3 is 1.97 bits per heavy atom. The third kappa shape index (κ3) is 5.79.